The molecule has 0 unspecified atom stereocenters. The second kappa shape index (κ2) is 6.65. The van der Waals surface area contributed by atoms with Gasteiger partial charge in [-0.3, -0.25) is 9.78 Å². The molecule has 20 heavy (non-hydrogen) atoms. The van der Waals surface area contributed by atoms with Gasteiger partial charge in [-0.05, 0) is 43.0 Å². The molecule has 2 rings (SSSR count). The number of rotatable bonds is 5. The largest absolute Gasteiger partial charge is 0.505 e. The Bertz CT molecular complexity index is 585. The summed E-state index contributed by atoms with van der Waals surface area (Å²) < 4.78 is 0. The van der Waals surface area contributed by atoms with Crippen molar-refractivity contribution in [1.82, 2.24) is 15.3 Å². The van der Waals surface area contributed by atoms with Crippen LogP contribution in [0.2, 0.25) is 0 Å². The maximum absolute atomic E-state index is 11.9. The summed E-state index contributed by atoms with van der Waals surface area (Å²) in [5, 5.41) is 12.5. The van der Waals surface area contributed by atoms with Crippen molar-refractivity contribution in [3.8, 4) is 5.75 Å². The van der Waals surface area contributed by atoms with E-state index in [1.807, 2.05) is 18.3 Å². The number of hydrogen-bond donors (Lipinski definition) is 2. The molecule has 0 radical (unpaired) electrons. The molecule has 0 atom stereocenters. The summed E-state index contributed by atoms with van der Waals surface area (Å²) in [6.07, 6.45) is 6.72. The minimum Gasteiger partial charge on any atom is -0.505 e. The minimum atomic E-state index is -0.350. The van der Waals surface area contributed by atoms with Crippen LogP contribution >= 0.6 is 0 Å². The van der Waals surface area contributed by atoms with E-state index in [0.717, 1.165) is 18.4 Å². The number of carbonyl (C=O) groups is 1. The first kappa shape index (κ1) is 14.0. The van der Waals surface area contributed by atoms with Gasteiger partial charge in [0.2, 0.25) is 0 Å². The second-order valence-electron chi connectivity index (χ2n) is 4.55. The second-order valence-corrected chi connectivity index (χ2v) is 4.55. The maximum atomic E-state index is 11.9. The van der Waals surface area contributed by atoms with Crippen LogP contribution in [-0.4, -0.2) is 27.5 Å². The van der Waals surface area contributed by atoms with Crippen molar-refractivity contribution in [2.24, 2.45) is 0 Å². The van der Waals surface area contributed by atoms with Crippen molar-refractivity contribution >= 4 is 5.91 Å². The first-order valence-corrected chi connectivity index (χ1v) is 6.50. The Morgan fingerprint density at radius 3 is 2.95 bits per heavy atom. The van der Waals surface area contributed by atoms with Gasteiger partial charge in [0.1, 0.15) is 5.75 Å². The molecular weight excluding hydrogens is 254 g/mol. The van der Waals surface area contributed by atoms with Crippen LogP contribution in [0.4, 0.5) is 0 Å². The lowest BCUT2D eigenvalue weighted by Gasteiger charge is -2.07. The lowest BCUT2D eigenvalue weighted by molar-refractivity contribution is 0.0945. The van der Waals surface area contributed by atoms with E-state index in [-0.39, 0.29) is 17.4 Å². The Labute approximate surface area is 117 Å². The molecule has 0 aliphatic rings. The van der Waals surface area contributed by atoms with Crippen LogP contribution in [0.3, 0.4) is 0 Å². The van der Waals surface area contributed by atoms with Crippen molar-refractivity contribution < 1.29 is 9.90 Å². The fraction of sp³-hybridized carbons (Fsp3) is 0.267. The van der Waals surface area contributed by atoms with Gasteiger partial charge < -0.3 is 10.4 Å². The molecule has 2 N–H and O–H groups in total. The van der Waals surface area contributed by atoms with E-state index in [1.165, 1.54) is 6.20 Å². The zero-order chi connectivity index (χ0) is 14.4. The predicted molar refractivity (Wildman–Crippen MR) is 75.5 cm³/mol. The Morgan fingerprint density at radius 2 is 2.20 bits per heavy atom. The average molecular weight is 271 g/mol. The van der Waals surface area contributed by atoms with Gasteiger partial charge in [-0.1, -0.05) is 6.07 Å². The van der Waals surface area contributed by atoms with Gasteiger partial charge in [-0.2, -0.15) is 0 Å². The van der Waals surface area contributed by atoms with Crippen LogP contribution in [0, 0.1) is 6.92 Å². The molecule has 104 valence electrons. The molecule has 2 heterocycles. The molecule has 1 amide bonds. The molecule has 0 bridgehead atoms. The Balaban J connectivity index is 1.82. The average Bonchev–Trinajstić information content (AvgIpc) is 2.47. The summed E-state index contributed by atoms with van der Waals surface area (Å²) in [5.74, 6) is -0.408. The SMILES string of the molecule is Cc1ccnc(C(=O)NCCCc2cccnc2)c1O. The summed E-state index contributed by atoms with van der Waals surface area (Å²) in [6.45, 7) is 2.26. The Hall–Kier alpha value is -2.43. The molecule has 0 saturated heterocycles. The summed E-state index contributed by atoms with van der Waals surface area (Å²) in [6, 6.07) is 5.56. The number of aromatic hydroxyl groups is 1. The number of amides is 1. The smallest absolute Gasteiger partial charge is 0.273 e. The number of carbonyl (C=O) groups excluding carboxylic acids is 1. The predicted octanol–water partition coefficient (Wildman–Crippen LogP) is 1.85. The van der Waals surface area contributed by atoms with E-state index in [1.54, 1.807) is 19.2 Å². The number of nitrogens with one attached hydrogen (secondary N) is 1. The molecule has 0 aromatic carbocycles. The number of aromatic nitrogens is 2. The van der Waals surface area contributed by atoms with Gasteiger partial charge >= 0.3 is 0 Å². The first-order chi connectivity index (χ1) is 9.68. The minimum absolute atomic E-state index is 0.0581. The maximum Gasteiger partial charge on any atom is 0.273 e. The first-order valence-electron chi connectivity index (χ1n) is 6.50. The van der Waals surface area contributed by atoms with E-state index in [4.69, 9.17) is 0 Å². The summed E-state index contributed by atoms with van der Waals surface area (Å²) in [5.41, 5.74) is 1.85. The van der Waals surface area contributed by atoms with E-state index < -0.39 is 0 Å². The highest BCUT2D eigenvalue weighted by molar-refractivity contribution is 5.95. The van der Waals surface area contributed by atoms with Crippen LogP contribution in [0.15, 0.2) is 36.8 Å². The topological polar surface area (TPSA) is 75.1 Å². The van der Waals surface area contributed by atoms with Crippen molar-refractivity contribution in [1.29, 1.82) is 0 Å². The summed E-state index contributed by atoms with van der Waals surface area (Å²) in [7, 11) is 0. The van der Waals surface area contributed by atoms with Gasteiger partial charge in [0.05, 0.1) is 0 Å². The monoisotopic (exact) mass is 271 g/mol. The number of pyridine rings is 2. The third-order valence-corrected chi connectivity index (χ3v) is 2.99. The van der Waals surface area contributed by atoms with E-state index >= 15 is 0 Å². The standard InChI is InChI=1S/C15H17N3O2/c1-11-6-9-17-13(14(11)19)15(20)18-8-3-5-12-4-2-7-16-10-12/h2,4,6-7,9-10,19H,3,5,8H2,1H3,(H,18,20). The van der Waals surface area contributed by atoms with Crippen LogP contribution in [-0.2, 0) is 6.42 Å². The quantitative estimate of drug-likeness (QED) is 0.814. The van der Waals surface area contributed by atoms with Crippen molar-refractivity contribution in [3.63, 3.8) is 0 Å². The van der Waals surface area contributed by atoms with Crippen LogP contribution in [0.25, 0.3) is 0 Å². The van der Waals surface area contributed by atoms with Gasteiger partial charge in [0, 0.05) is 25.1 Å². The van der Waals surface area contributed by atoms with Gasteiger partial charge in [0.25, 0.3) is 5.91 Å². The molecule has 0 fully saturated rings. The molecule has 0 saturated carbocycles. The summed E-state index contributed by atoms with van der Waals surface area (Å²) >= 11 is 0. The van der Waals surface area contributed by atoms with Gasteiger partial charge in [0.15, 0.2) is 5.69 Å². The third kappa shape index (κ3) is 3.54. The van der Waals surface area contributed by atoms with E-state index in [2.05, 4.69) is 15.3 Å². The Kier molecular flexibility index (Phi) is 4.65. The lowest BCUT2D eigenvalue weighted by Crippen LogP contribution is -2.25. The van der Waals surface area contributed by atoms with Gasteiger partial charge in [-0.25, -0.2) is 4.98 Å². The molecule has 0 aliphatic heterocycles. The number of hydrogen-bond acceptors (Lipinski definition) is 4. The molecular formula is C15H17N3O2. The third-order valence-electron chi connectivity index (χ3n) is 2.99. The molecule has 5 heteroatoms. The molecule has 2 aromatic rings. The highest BCUT2D eigenvalue weighted by Crippen LogP contribution is 2.18. The highest BCUT2D eigenvalue weighted by Gasteiger charge is 2.13. The zero-order valence-electron chi connectivity index (χ0n) is 11.3. The molecule has 5 nitrogen and oxygen atoms in total. The normalized spacial score (nSPS) is 10.2. The number of aryl methyl sites for hydroxylation is 2. The highest BCUT2D eigenvalue weighted by atomic mass is 16.3. The molecule has 0 aliphatic carbocycles. The molecule has 2 aromatic heterocycles. The van der Waals surface area contributed by atoms with Crippen LogP contribution in [0.5, 0.6) is 5.75 Å². The summed E-state index contributed by atoms with van der Waals surface area (Å²) in [4.78, 5) is 19.8. The van der Waals surface area contributed by atoms with E-state index in [9.17, 15) is 9.90 Å². The fourth-order valence-corrected chi connectivity index (χ4v) is 1.84. The van der Waals surface area contributed by atoms with Crippen molar-refractivity contribution in [2.45, 2.75) is 19.8 Å². The number of nitrogens with zero attached hydrogens (tertiary/aromatic N) is 2. The van der Waals surface area contributed by atoms with E-state index in [0.29, 0.717) is 12.1 Å². The fourth-order valence-electron chi connectivity index (χ4n) is 1.84. The molecule has 0 spiro atoms. The van der Waals surface area contributed by atoms with Crippen LogP contribution in [0.1, 0.15) is 28.0 Å². The van der Waals surface area contributed by atoms with Crippen molar-refractivity contribution in [3.05, 3.63) is 53.6 Å². The lowest BCUT2D eigenvalue weighted by atomic mass is 10.1. The Morgan fingerprint density at radius 1 is 1.35 bits per heavy atom. The van der Waals surface area contributed by atoms with Crippen LogP contribution < -0.4 is 5.32 Å². The van der Waals surface area contributed by atoms with Gasteiger partial charge in [-0.15, -0.1) is 0 Å². The zero-order valence-corrected chi connectivity index (χ0v) is 11.3. The van der Waals surface area contributed by atoms with Crippen molar-refractivity contribution in [2.75, 3.05) is 6.54 Å².